The third-order valence-corrected chi connectivity index (χ3v) is 16.2. The molecule has 0 atom stereocenters. The van der Waals surface area contributed by atoms with Crippen LogP contribution in [0, 0.1) is 0 Å². The number of carbonyl (C=O) groups excluding carboxylic acids is 6. The minimum absolute atomic E-state index is 0.186. The number of esters is 6. The summed E-state index contributed by atoms with van der Waals surface area (Å²) in [5.41, 5.74) is 9.15. The largest absolute Gasteiger partial charge is 0.497 e. The molecule has 0 saturated heterocycles. The molecule has 0 N–H and O–H groups in total. The molecule has 0 bridgehead atoms. The van der Waals surface area contributed by atoms with Crippen molar-refractivity contribution in [3.05, 3.63) is 181 Å². The van der Waals surface area contributed by atoms with Crippen molar-refractivity contribution >= 4 is 54.0 Å². The van der Waals surface area contributed by atoms with Gasteiger partial charge in [0.15, 0.2) is 6.10 Å². The highest BCUT2D eigenvalue weighted by molar-refractivity contribution is 5.88. The molecular formula is C81H98O15. The van der Waals surface area contributed by atoms with Gasteiger partial charge < -0.3 is 42.6 Å². The Kier molecular flexibility index (Phi) is 36.3. The highest BCUT2D eigenvalue weighted by atomic mass is 16.6. The maximum absolute atomic E-state index is 13.0. The standard InChI is InChI=1S/C81H98O15/c1-88-72-49-43-69(44-50-72)66-37-28-63(29-38-66)34-55-78(84)91-58-22-16-10-4-7-13-19-25-76(82)94-61-75(96-81(87)27-21-15-9-6-12-18-24-60-93-80(86)57-36-65-32-41-68(42-33-65)71-47-53-74(90-3)54-48-71)62-95-77(83)26-20-14-8-5-11-17-23-59-92-79(85)56-35-64-30-39-67(40-31-64)70-45-51-73(89-2)52-46-70/h28-57,75H,4-27,58-62H2,1-3H3/b55-34+,56-35+,57-36+. The van der Waals surface area contributed by atoms with E-state index in [1.807, 2.05) is 146 Å². The van der Waals surface area contributed by atoms with Crippen LogP contribution in [0.3, 0.4) is 0 Å². The van der Waals surface area contributed by atoms with Gasteiger partial charge in [0.05, 0.1) is 41.2 Å². The van der Waals surface area contributed by atoms with E-state index in [0.29, 0.717) is 39.1 Å². The molecule has 0 heterocycles. The minimum Gasteiger partial charge on any atom is -0.497 e. The number of unbranched alkanes of at least 4 members (excludes halogenated alkanes) is 18. The molecule has 0 unspecified atom stereocenters. The van der Waals surface area contributed by atoms with E-state index in [2.05, 4.69) is 0 Å². The summed E-state index contributed by atoms with van der Waals surface area (Å²) in [5, 5.41) is 0. The molecule has 0 aromatic heterocycles. The molecule has 0 radical (unpaired) electrons. The van der Waals surface area contributed by atoms with E-state index in [4.69, 9.17) is 42.6 Å². The number of benzene rings is 6. The average Bonchev–Trinajstić information content (AvgIpc) is 1.25. The van der Waals surface area contributed by atoms with Gasteiger partial charge in [-0.25, -0.2) is 14.4 Å². The molecule has 6 aromatic carbocycles. The summed E-state index contributed by atoms with van der Waals surface area (Å²) in [6, 6.07) is 47.4. The third kappa shape index (κ3) is 31.8. The maximum Gasteiger partial charge on any atom is 0.330 e. The lowest BCUT2D eigenvalue weighted by Gasteiger charge is -2.18. The Morgan fingerprint density at radius 3 is 0.771 bits per heavy atom. The van der Waals surface area contributed by atoms with Crippen molar-refractivity contribution < 1.29 is 71.4 Å². The van der Waals surface area contributed by atoms with Crippen LogP contribution in [0.4, 0.5) is 0 Å². The monoisotopic (exact) mass is 1310 g/mol. The van der Waals surface area contributed by atoms with Crippen LogP contribution < -0.4 is 14.2 Å². The zero-order valence-electron chi connectivity index (χ0n) is 56.5. The van der Waals surface area contributed by atoms with Gasteiger partial charge in [0.1, 0.15) is 30.5 Å². The molecule has 0 amide bonds. The second-order valence-corrected chi connectivity index (χ2v) is 23.7. The number of hydrogen-bond donors (Lipinski definition) is 0. The first-order valence-corrected chi connectivity index (χ1v) is 34.3. The van der Waals surface area contributed by atoms with E-state index >= 15 is 0 Å². The third-order valence-electron chi connectivity index (χ3n) is 16.2. The highest BCUT2D eigenvalue weighted by Crippen LogP contribution is 2.27. The summed E-state index contributed by atoms with van der Waals surface area (Å²) in [5.74, 6) is 0.0466. The summed E-state index contributed by atoms with van der Waals surface area (Å²) in [6.45, 7) is 0.638. The van der Waals surface area contributed by atoms with Crippen molar-refractivity contribution in [1.82, 2.24) is 0 Å². The Morgan fingerprint density at radius 1 is 0.281 bits per heavy atom. The summed E-state index contributed by atoms with van der Waals surface area (Å²) >= 11 is 0. The smallest absolute Gasteiger partial charge is 0.330 e. The van der Waals surface area contributed by atoms with Crippen molar-refractivity contribution in [3.8, 4) is 50.6 Å². The van der Waals surface area contributed by atoms with Gasteiger partial charge in [0.2, 0.25) is 0 Å². The van der Waals surface area contributed by atoms with Crippen LogP contribution in [0.1, 0.15) is 171 Å². The second kappa shape index (κ2) is 46.0. The van der Waals surface area contributed by atoms with Gasteiger partial charge in [-0.2, -0.15) is 0 Å². The van der Waals surface area contributed by atoms with Crippen LogP contribution in [-0.2, 0) is 57.2 Å². The first-order valence-electron chi connectivity index (χ1n) is 34.3. The van der Waals surface area contributed by atoms with E-state index in [-0.39, 0.29) is 50.4 Å². The molecule has 96 heavy (non-hydrogen) atoms. The first kappa shape index (κ1) is 75.8. The normalized spacial score (nSPS) is 11.2. The number of methoxy groups -OCH3 is 3. The molecule has 0 aliphatic rings. The lowest BCUT2D eigenvalue weighted by Crippen LogP contribution is -2.30. The van der Waals surface area contributed by atoms with E-state index < -0.39 is 24.0 Å². The van der Waals surface area contributed by atoms with Crippen molar-refractivity contribution in [1.29, 1.82) is 0 Å². The highest BCUT2D eigenvalue weighted by Gasteiger charge is 2.20. The zero-order valence-corrected chi connectivity index (χ0v) is 56.5. The molecule has 0 aliphatic carbocycles. The molecule has 6 aromatic rings. The Labute approximate surface area is 568 Å². The SMILES string of the molecule is COc1ccc(-c2ccc(/C=C/C(=O)OCCCCCCCCCC(=O)OCC(COC(=O)CCCCCCCCCOC(=O)/C=C/c3ccc(-c4ccc(OC)cc4)cc3)OC(=O)CCCCCCCCCOC(=O)/C=C/c3ccc(-c4ccc(OC)cc4)cc3)cc2)cc1. The van der Waals surface area contributed by atoms with E-state index in [0.717, 1.165) is 183 Å². The fourth-order valence-electron chi connectivity index (χ4n) is 10.5. The molecule has 512 valence electrons. The minimum atomic E-state index is -0.926. The van der Waals surface area contributed by atoms with Crippen LogP contribution in [0.2, 0.25) is 0 Å². The molecule has 0 aliphatic heterocycles. The first-order chi connectivity index (χ1) is 47.0. The lowest BCUT2D eigenvalue weighted by molar-refractivity contribution is -0.167. The number of hydrogen-bond acceptors (Lipinski definition) is 15. The number of ether oxygens (including phenoxy) is 9. The van der Waals surface area contributed by atoms with Gasteiger partial charge >= 0.3 is 35.8 Å². The van der Waals surface area contributed by atoms with Crippen LogP contribution in [0.5, 0.6) is 17.2 Å². The molecular weight excluding hydrogens is 1210 g/mol. The topological polar surface area (TPSA) is 185 Å². The summed E-state index contributed by atoms with van der Waals surface area (Å²) in [6.07, 6.45) is 27.6. The van der Waals surface area contributed by atoms with Gasteiger partial charge in [0.25, 0.3) is 0 Å². The molecule has 0 fully saturated rings. The number of rotatable bonds is 47. The second-order valence-electron chi connectivity index (χ2n) is 23.7. The predicted octanol–water partition coefficient (Wildman–Crippen LogP) is 18.1. The molecule has 15 nitrogen and oxygen atoms in total. The van der Waals surface area contributed by atoms with E-state index in [1.54, 1.807) is 39.6 Å². The van der Waals surface area contributed by atoms with E-state index in [9.17, 15) is 28.8 Å². The maximum atomic E-state index is 13.0. The quantitative estimate of drug-likeness (QED) is 0.0152. The van der Waals surface area contributed by atoms with Crippen molar-refractivity contribution in [2.75, 3.05) is 54.4 Å². The fraction of sp³-hybridized carbons (Fsp3) is 0.407. The predicted molar refractivity (Wildman–Crippen MR) is 378 cm³/mol. The van der Waals surface area contributed by atoms with Gasteiger partial charge in [0, 0.05) is 37.5 Å². The van der Waals surface area contributed by atoms with Crippen molar-refractivity contribution in [2.24, 2.45) is 0 Å². The summed E-state index contributed by atoms with van der Waals surface area (Å²) in [7, 11) is 4.93. The Hall–Kier alpha value is -9.24. The van der Waals surface area contributed by atoms with Gasteiger partial charge in [-0.15, -0.1) is 0 Å². The van der Waals surface area contributed by atoms with Crippen molar-refractivity contribution in [2.45, 2.75) is 160 Å². The molecule has 15 heteroatoms. The fourth-order valence-corrected chi connectivity index (χ4v) is 10.5. The van der Waals surface area contributed by atoms with E-state index in [1.165, 1.54) is 18.2 Å². The summed E-state index contributed by atoms with van der Waals surface area (Å²) < 4.78 is 48.8. The lowest BCUT2D eigenvalue weighted by atomic mass is 10.0. The van der Waals surface area contributed by atoms with Crippen LogP contribution >= 0.6 is 0 Å². The van der Waals surface area contributed by atoms with Crippen LogP contribution in [-0.4, -0.2) is 96.3 Å². The Balaban J connectivity index is 0.795. The molecule has 6 rings (SSSR count). The number of carbonyl (C=O) groups is 6. The van der Waals surface area contributed by atoms with Crippen molar-refractivity contribution in [3.63, 3.8) is 0 Å². The Bertz CT molecular complexity index is 3140. The molecule has 0 spiro atoms. The summed E-state index contributed by atoms with van der Waals surface area (Å²) in [4.78, 5) is 75.7. The average molecular weight is 1310 g/mol. The van der Waals surface area contributed by atoms with Gasteiger partial charge in [-0.05, 0) is 143 Å². The van der Waals surface area contributed by atoms with Crippen LogP contribution in [0.15, 0.2) is 164 Å². The van der Waals surface area contributed by atoms with Gasteiger partial charge in [-0.1, -0.05) is 206 Å². The van der Waals surface area contributed by atoms with Gasteiger partial charge in [-0.3, -0.25) is 14.4 Å². The zero-order chi connectivity index (χ0) is 68.1. The molecule has 0 saturated carbocycles. The van der Waals surface area contributed by atoms with Crippen LogP contribution in [0.25, 0.3) is 51.6 Å². The Morgan fingerprint density at radius 2 is 0.510 bits per heavy atom.